The third-order valence-electron chi connectivity index (χ3n) is 3.88. The minimum Gasteiger partial charge on any atom is -0.370 e. The van der Waals surface area contributed by atoms with Crippen LogP contribution in [0.15, 0.2) is 18.2 Å². The molecule has 0 saturated heterocycles. The molecule has 0 unspecified atom stereocenters. The second-order valence-corrected chi connectivity index (χ2v) is 5.67. The van der Waals surface area contributed by atoms with Gasteiger partial charge in [-0.15, -0.1) is 0 Å². The van der Waals surface area contributed by atoms with Crippen LogP contribution >= 0.6 is 0 Å². The summed E-state index contributed by atoms with van der Waals surface area (Å²) in [6.45, 7) is 6.68. The molecule has 1 fully saturated rings. The molecule has 1 saturated carbocycles. The van der Waals surface area contributed by atoms with Crippen molar-refractivity contribution >= 4 is 5.82 Å². The maximum Gasteiger partial charge on any atom is 0.134 e. The summed E-state index contributed by atoms with van der Waals surface area (Å²) in [5, 5.41) is 3.31. The number of rotatable bonds is 4. The topological polar surface area (TPSA) is 37.8 Å². The average molecular weight is 285 g/mol. The lowest BCUT2D eigenvalue weighted by molar-refractivity contribution is 0.618. The van der Waals surface area contributed by atoms with Gasteiger partial charge in [0.25, 0.3) is 0 Å². The Morgan fingerprint density at radius 2 is 2.00 bits per heavy atom. The molecule has 1 aliphatic rings. The quantitative estimate of drug-likeness (QED) is 0.914. The first kappa shape index (κ1) is 14.0. The highest BCUT2D eigenvalue weighted by molar-refractivity contribution is 5.69. The number of aryl methyl sites for hydroxylation is 1. The normalized spacial score (nSPS) is 14.3. The van der Waals surface area contributed by atoms with Gasteiger partial charge in [0.15, 0.2) is 0 Å². The van der Waals surface area contributed by atoms with Crippen molar-refractivity contribution < 1.29 is 4.39 Å². The summed E-state index contributed by atoms with van der Waals surface area (Å²) in [5.41, 5.74) is 3.52. The van der Waals surface area contributed by atoms with Gasteiger partial charge in [-0.3, -0.25) is 0 Å². The van der Waals surface area contributed by atoms with Crippen LogP contribution < -0.4 is 5.32 Å². The van der Waals surface area contributed by atoms with Crippen LogP contribution in [0.2, 0.25) is 0 Å². The van der Waals surface area contributed by atoms with Gasteiger partial charge in [-0.1, -0.05) is 0 Å². The molecule has 1 heterocycles. The summed E-state index contributed by atoms with van der Waals surface area (Å²) in [6.07, 6.45) is 2.33. The second kappa shape index (κ2) is 5.43. The lowest BCUT2D eigenvalue weighted by Crippen LogP contribution is -2.07. The van der Waals surface area contributed by atoms with Crippen LogP contribution in [-0.4, -0.2) is 16.5 Å². The van der Waals surface area contributed by atoms with E-state index in [4.69, 9.17) is 4.98 Å². The molecule has 0 aliphatic heterocycles. The van der Waals surface area contributed by atoms with Crippen molar-refractivity contribution in [1.29, 1.82) is 0 Å². The Hall–Kier alpha value is -1.97. The van der Waals surface area contributed by atoms with E-state index in [-0.39, 0.29) is 5.82 Å². The lowest BCUT2D eigenvalue weighted by atomic mass is 10.0. The first-order valence-electron chi connectivity index (χ1n) is 7.49. The number of aromatic nitrogens is 2. The average Bonchev–Trinajstić information content (AvgIpc) is 3.29. The Balaban J connectivity index is 2.12. The summed E-state index contributed by atoms with van der Waals surface area (Å²) < 4.78 is 13.5. The van der Waals surface area contributed by atoms with Gasteiger partial charge in [-0.25, -0.2) is 14.4 Å². The summed E-state index contributed by atoms with van der Waals surface area (Å²) in [7, 11) is 0. The summed E-state index contributed by atoms with van der Waals surface area (Å²) >= 11 is 0. The highest BCUT2D eigenvalue weighted by Crippen LogP contribution is 2.40. The fourth-order valence-corrected chi connectivity index (χ4v) is 2.47. The number of anilines is 1. The van der Waals surface area contributed by atoms with Crippen LogP contribution in [0.3, 0.4) is 0 Å². The van der Waals surface area contributed by atoms with E-state index in [0.29, 0.717) is 11.5 Å². The lowest BCUT2D eigenvalue weighted by Gasteiger charge is -2.14. The maximum atomic E-state index is 13.5. The number of halogens is 1. The molecule has 1 N–H and O–H groups in total. The summed E-state index contributed by atoms with van der Waals surface area (Å²) in [5.74, 6) is 2.11. The smallest absolute Gasteiger partial charge is 0.134 e. The molecular weight excluding hydrogens is 265 g/mol. The predicted octanol–water partition coefficient (Wildman–Crippen LogP) is 4.21. The molecule has 21 heavy (non-hydrogen) atoms. The molecule has 110 valence electrons. The molecule has 0 spiro atoms. The maximum absolute atomic E-state index is 13.5. The molecule has 2 aromatic rings. The van der Waals surface area contributed by atoms with Crippen molar-refractivity contribution in [2.24, 2.45) is 0 Å². The van der Waals surface area contributed by atoms with E-state index in [9.17, 15) is 4.39 Å². The molecular formula is C17H20FN3. The zero-order valence-electron chi connectivity index (χ0n) is 12.7. The molecule has 0 radical (unpaired) electrons. The largest absolute Gasteiger partial charge is 0.370 e. The van der Waals surface area contributed by atoms with Crippen molar-refractivity contribution in [3.63, 3.8) is 0 Å². The van der Waals surface area contributed by atoms with Crippen LogP contribution in [0.25, 0.3) is 11.3 Å². The van der Waals surface area contributed by atoms with E-state index in [1.807, 2.05) is 13.0 Å². The van der Waals surface area contributed by atoms with E-state index in [2.05, 4.69) is 17.2 Å². The number of hydrogen-bond donors (Lipinski definition) is 1. The number of hydrogen-bond acceptors (Lipinski definition) is 3. The molecule has 3 nitrogen and oxygen atoms in total. The van der Waals surface area contributed by atoms with E-state index < -0.39 is 0 Å². The van der Waals surface area contributed by atoms with E-state index >= 15 is 0 Å². The van der Waals surface area contributed by atoms with Crippen LogP contribution in [0.5, 0.6) is 0 Å². The van der Waals surface area contributed by atoms with Crippen molar-refractivity contribution in [2.75, 3.05) is 11.9 Å². The number of nitrogens with zero attached hydrogens (tertiary/aromatic N) is 2. The SMILES string of the molecule is CCNc1nc(C2CC2)nc(-c2ccc(F)c(C)c2)c1C. The zero-order chi connectivity index (χ0) is 15.0. The fourth-order valence-electron chi connectivity index (χ4n) is 2.47. The third kappa shape index (κ3) is 2.75. The van der Waals surface area contributed by atoms with Crippen molar-refractivity contribution in [1.82, 2.24) is 9.97 Å². The Bertz CT molecular complexity index is 678. The molecule has 0 bridgehead atoms. The molecule has 3 rings (SSSR count). The second-order valence-electron chi connectivity index (χ2n) is 5.67. The van der Waals surface area contributed by atoms with Gasteiger partial charge in [0, 0.05) is 23.6 Å². The van der Waals surface area contributed by atoms with Gasteiger partial charge in [0.2, 0.25) is 0 Å². The Labute approximate surface area is 124 Å². The van der Waals surface area contributed by atoms with Crippen molar-refractivity contribution in [2.45, 2.75) is 39.5 Å². The first-order chi connectivity index (χ1) is 10.1. The molecule has 0 atom stereocenters. The molecule has 0 amide bonds. The Morgan fingerprint density at radius 1 is 1.24 bits per heavy atom. The number of nitrogens with one attached hydrogen (secondary N) is 1. The standard InChI is InChI=1S/C17H20FN3/c1-4-19-16-11(3)15(20-17(21-16)12-5-6-12)13-7-8-14(18)10(2)9-13/h7-9,12H,4-6H2,1-3H3,(H,19,20,21). The van der Waals surface area contributed by atoms with E-state index in [0.717, 1.165) is 47.8 Å². The molecule has 4 heteroatoms. The van der Waals surface area contributed by atoms with E-state index in [1.54, 1.807) is 13.0 Å². The van der Waals surface area contributed by atoms with Gasteiger partial charge >= 0.3 is 0 Å². The summed E-state index contributed by atoms with van der Waals surface area (Å²) in [4.78, 5) is 9.40. The third-order valence-corrected chi connectivity index (χ3v) is 3.88. The zero-order valence-corrected chi connectivity index (χ0v) is 12.7. The van der Waals surface area contributed by atoms with Crippen LogP contribution in [-0.2, 0) is 0 Å². The van der Waals surface area contributed by atoms with Gasteiger partial charge in [-0.2, -0.15) is 0 Å². The van der Waals surface area contributed by atoms with Gasteiger partial charge in [0.05, 0.1) is 5.69 Å². The molecule has 1 aliphatic carbocycles. The first-order valence-corrected chi connectivity index (χ1v) is 7.49. The monoisotopic (exact) mass is 285 g/mol. The Kier molecular flexibility index (Phi) is 3.62. The van der Waals surface area contributed by atoms with Crippen molar-refractivity contribution in [3.8, 4) is 11.3 Å². The predicted molar refractivity (Wildman–Crippen MR) is 83.0 cm³/mol. The van der Waals surface area contributed by atoms with E-state index in [1.165, 1.54) is 6.07 Å². The highest BCUT2D eigenvalue weighted by Gasteiger charge is 2.28. The minimum atomic E-state index is -0.181. The van der Waals surface area contributed by atoms with Crippen LogP contribution in [0.1, 0.15) is 42.6 Å². The molecule has 1 aromatic carbocycles. The van der Waals surface area contributed by atoms with Gasteiger partial charge in [0.1, 0.15) is 17.5 Å². The number of benzene rings is 1. The van der Waals surface area contributed by atoms with Gasteiger partial charge in [-0.05, 0) is 57.4 Å². The van der Waals surface area contributed by atoms with Gasteiger partial charge < -0.3 is 5.32 Å². The fraction of sp³-hybridized carbons (Fsp3) is 0.412. The minimum absolute atomic E-state index is 0.181. The van der Waals surface area contributed by atoms with Crippen LogP contribution in [0, 0.1) is 19.7 Å². The highest BCUT2D eigenvalue weighted by atomic mass is 19.1. The Morgan fingerprint density at radius 3 is 2.62 bits per heavy atom. The summed E-state index contributed by atoms with van der Waals surface area (Å²) in [6, 6.07) is 5.16. The van der Waals surface area contributed by atoms with Crippen LogP contribution in [0.4, 0.5) is 10.2 Å². The van der Waals surface area contributed by atoms with Crippen molar-refractivity contribution in [3.05, 3.63) is 41.0 Å². The molecule has 1 aromatic heterocycles.